The van der Waals surface area contributed by atoms with Crippen LogP contribution in [0.2, 0.25) is 0 Å². The smallest absolute Gasteiger partial charge is 0.354 e. The molecule has 3 aromatic rings. The van der Waals surface area contributed by atoms with Gasteiger partial charge in [-0.15, -0.1) is 0 Å². The number of amides is 1. The molecule has 1 aromatic heterocycles. The second-order valence-corrected chi connectivity index (χ2v) is 6.75. The summed E-state index contributed by atoms with van der Waals surface area (Å²) in [5.74, 6) is -1.26. The third-order valence-corrected chi connectivity index (χ3v) is 4.03. The molecule has 0 aliphatic heterocycles. The maximum absolute atomic E-state index is 12.3. The molecule has 1 amide bonds. The first kappa shape index (κ1) is 20.6. The Morgan fingerprint density at radius 1 is 1.13 bits per heavy atom. The molecular formula is C23H18N2O5. The van der Waals surface area contributed by atoms with Crippen molar-refractivity contribution in [3.05, 3.63) is 81.7 Å². The molecule has 1 N–H and O–H groups in total. The van der Waals surface area contributed by atoms with Crippen molar-refractivity contribution in [3.8, 4) is 11.8 Å². The quantitative estimate of drug-likeness (QED) is 0.230. The van der Waals surface area contributed by atoms with Gasteiger partial charge in [-0.2, -0.15) is 5.26 Å². The fourth-order valence-corrected chi connectivity index (χ4v) is 2.67. The lowest BCUT2D eigenvalue weighted by Gasteiger charge is -2.08. The average Bonchev–Trinajstić information content (AvgIpc) is 2.71. The summed E-state index contributed by atoms with van der Waals surface area (Å²) in [5, 5.41) is 12.4. The molecule has 0 radical (unpaired) electrons. The molecular weight excluding hydrogens is 384 g/mol. The number of nitrogens with one attached hydrogen (secondary N) is 1. The highest BCUT2D eigenvalue weighted by molar-refractivity contribution is 5.99. The lowest BCUT2D eigenvalue weighted by molar-refractivity contribution is -0.129. The van der Waals surface area contributed by atoms with Crippen molar-refractivity contribution in [1.82, 2.24) is 5.32 Å². The maximum Gasteiger partial charge on any atom is 0.354 e. The van der Waals surface area contributed by atoms with Crippen LogP contribution in [-0.2, 0) is 4.79 Å². The van der Waals surface area contributed by atoms with Gasteiger partial charge in [0.25, 0.3) is 5.91 Å². The van der Waals surface area contributed by atoms with Gasteiger partial charge in [-0.1, -0.05) is 30.3 Å². The monoisotopic (exact) mass is 402 g/mol. The van der Waals surface area contributed by atoms with Gasteiger partial charge in [0.15, 0.2) is 0 Å². The molecule has 150 valence electrons. The topological polar surface area (TPSA) is 109 Å². The Kier molecular flexibility index (Phi) is 6.08. The van der Waals surface area contributed by atoms with Gasteiger partial charge in [-0.25, -0.2) is 9.59 Å². The van der Waals surface area contributed by atoms with E-state index in [0.29, 0.717) is 10.9 Å². The molecule has 30 heavy (non-hydrogen) atoms. The molecule has 0 aliphatic rings. The summed E-state index contributed by atoms with van der Waals surface area (Å²) >= 11 is 0. The van der Waals surface area contributed by atoms with Crippen LogP contribution in [0.3, 0.4) is 0 Å². The number of fused-ring (bicyclic) bond motifs is 1. The summed E-state index contributed by atoms with van der Waals surface area (Å²) in [5.41, 5.74) is -0.257. The first-order chi connectivity index (χ1) is 14.4. The highest BCUT2D eigenvalue weighted by atomic mass is 16.5. The third kappa shape index (κ3) is 4.80. The minimum absolute atomic E-state index is 0.101. The van der Waals surface area contributed by atoms with Crippen molar-refractivity contribution in [1.29, 1.82) is 5.26 Å². The van der Waals surface area contributed by atoms with E-state index in [4.69, 9.17) is 9.15 Å². The van der Waals surface area contributed by atoms with Crippen molar-refractivity contribution < 1.29 is 18.7 Å². The third-order valence-electron chi connectivity index (χ3n) is 4.03. The molecule has 0 unspecified atom stereocenters. The number of nitrogens with zero attached hydrogens (tertiary/aromatic N) is 1. The number of esters is 1. The number of rotatable bonds is 5. The van der Waals surface area contributed by atoms with Crippen LogP contribution in [0, 0.1) is 11.3 Å². The summed E-state index contributed by atoms with van der Waals surface area (Å²) in [6.45, 7) is 3.56. The largest absolute Gasteiger partial charge is 0.422 e. The Morgan fingerprint density at radius 2 is 1.87 bits per heavy atom. The lowest BCUT2D eigenvalue weighted by Crippen LogP contribution is -2.33. The molecule has 3 rings (SSSR count). The first-order valence-corrected chi connectivity index (χ1v) is 9.15. The van der Waals surface area contributed by atoms with Crippen molar-refractivity contribution in [2.24, 2.45) is 0 Å². The van der Waals surface area contributed by atoms with Gasteiger partial charge in [-0.05, 0) is 43.7 Å². The summed E-state index contributed by atoms with van der Waals surface area (Å²) < 4.78 is 10.5. The fourth-order valence-electron chi connectivity index (χ4n) is 2.67. The normalized spacial score (nSPS) is 11.2. The minimum atomic E-state index is -0.837. The number of carbonyl (C=O) groups excluding carboxylic acids is 2. The predicted octanol–water partition coefficient (Wildman–Crippen LogP) is 3.44. The second-order valence-electron chi connectivity index (χ2n) is 6.75. The molecule has 2 aromatic carbocycles. The van der Waals surface area contributed by atoms with Crippen molar-refractivity contribution in [2.75, 3.05) is 0 Å². The van der Waals surface area contributed by atoms with Crippen LogP contribution in [0.1, 0.15) is 29.8 Å². The number of carbonyl (C=O) groups is 2. The molecule has 1 heterocycles. The van der Waals surface area contributed by atoms with Crippen LogP contribution in [0.4, 0.5) is 0 Å². The Balaban J connectivity index is 1.86. The SMILES string of the molecule is CC(C)NC(=O)c1cc2ccc(OC(=O)/C(C#N)=C/c3ccccc3)cc2oc1=O. The maximum atomic E-state index is 12.3. The van der Waals surface area contributed by atoms with E-state index in [0.717, 1.165) is 0 Å². The standard InChI is InChI=1S/C23H18N2O5/c1-14(2)25-21(26)19-11-16-8-9-18(12-20(16)30-23(19)28)29-22(27)17(13-24)10-15-6-4-3-5-7-15/h3-12,14H,1-2H3,(H,25,26)/b17-10+. The van der Waals surface area contributed by atoms with E-state index >= 15 is 0 Å². The van der Waals surface area contributed by atoms with E-state index in [9.17, 15) is 19.6 Å². The number of ether oxygens (including phenoxy) is 1. The van der Waals surface area contributed by atoms with Crippen LogP contribution < -0.4 is 15.7 Å². The molecule has 0 saturated heterocycles. The molecule has 7 nitrogen and oxygen atoms in total. The van der Waals surface area contributed by atoms with Gasteiger partial charge in [0, 0.05) is 17.5 Å². The molecule has 0 atom stereocenters. The van der Waals surface area contributed by atoms with E-state index in [1.165, 1.54) is 24.3 Å². The molecule has 0 bridgehead atoms. The Labute approximate surface area is 172 Å². The van der Waals surface area contributed by atoms with Crippen LogP contribution in [-0.4, -0.2) is 17.9 Å². The van der Waals surface area contributed by atoms with Gasteiger partial charge in [0.05, 0.1) is 0 Å². The van der Waals surface area contributed by atoms with E-state index < -0.39 is 17.5 Å². The zero-order chi connectivity index (χ0) is 21.7. The van der Waals surface area contributed by atoms with Gasteiger partial charge < -0.3 is 14.5 Å². The highest BCUT2D eigenvalue weighted by Gasteiger charge is 2.16. The van der Waals surface area contributed by atoms with Crippen LogP contribution in [0.5, 0.6) is 5.75 Å². The van der Waals surface area contributed by atoms with Crippen molar-refractivity contribution in [3.63, 3.8) is 0 Å². The summed E-state index contributed by atoms with van der Waals surface area (Å²) in [4.78, 5) is 36.6. The molecule has 7 heteroatoms. The fraction of sp³-hybridized carbons (Fsp3) is 0.130. The number of hydrogen-bond donors (Lipinski definition) is 1. The van der Waals surface area contributed by atoms with Crippen molar-refractivity contribution >= 4 is 28.9 Å². The number of benzene rings is 2. The van der Waals surface area contributed by atoms with Crippen LogP contribution >= 0.6 is 0 Å². The van der Waals surface area contributed by atoms with Gasteiger partial charge in [0.1, 0.15) is 28.5 Å². The highest BCUT2D eigenvalue weighted by Crippen LogP contribution is 2.22. The van der Waals surface area contributed by atoms with Crippen LogP contribution in [0.15, 0.2) is 69.4 Å². The number of hydrogen-bond acceptors (Lipinski definition) is 6. The second kappa shape index (κ2) is 8.88. The van der Waals surface area contributed by atoms with Crippen LogP contribution in [0.25, 0.3) is 17.0 Å². The van der Waals surface area contributed by atoms with Gasteiger partial charge in [0.2, 0.25) is 0 Å². The van der Waals surface area contributed by atoms with E-state index in [1.807, 2.05) is 12.1 Å². The summed E-state index contributed by atoms with van der Waals surface area (Å²) in [6.07, 6.45) is 1.42. The average molecular weight is 402 g/mol. The van der Waals surface area contributed by atoms with Gasteiger partial charge in [-0.3, -0.25) is 4.79 Å². The number of nitriles is 1. The zero-order valence-electron chi connectivity index (χ0n) is 16.3. The Hall–Kier alpha value is -4.18. The summed E-state index contributed by atoms with van der Waals surface area (Å²) in [6, 6.07) is 16.4. The molecule has 0 spiro atoms. The van der Waals surface area contributed by atoms with E-state index in [1.54, 1.807) is 44.2 Å². The minimum Gasteiger partial charge on any atom is -0.422 e. The summed E-state index contributed by atoms with van der Waals surface area (Å²) in [7, 11) is 0. The van der Waals surface area contributed by atoms with Crippen molar-refractivity contribution in [2.45, 2.75) is 19.9 Å². The molecule has 0 aliphatic carbocycles. The van der Waals surface area contributed by atoms with Gasteiger partial charge >= 0.3 is 11.6 Å². The van der Waals surface area contributed by atoms with E-state index in [2.05, 4.69) is 5.32 Å². The Morgan fingerprint density at radius 3 is 2.53 bits per heavy atom. The first-order valence-electron chi connectivity index (χ1n) is 9.15. The molecule has 0 fully saturated rings. The van der Waals surface area contributed by atoms with E-state index in [-0.39, 0.29) is 28.5 Å². The Bertz CT molecular complexity index is 1230. The lowest BCUT2D eigenvalue weighted by atomic mass is 10.1. The molecule has 0 saturated carbocycles. The zero-order valence-corrected chi connectivity index (χ0v) is 16.3. The predicted molar refractivity (Wildman–Crippen MR) is 111 cm³/mol.